The molecule has 3 aromatic carbocycles. The van der Waals surface area contributed by atoms with E-state index in [2.05, 4.69) is 5.32 Å². The van der Waals surface area contributed by atoms with Gasteiger partial charge >= 0.3 is 0 Å². The average molecular weight is 498 g/mol. The van der Waals surface area contributed by atoms with E-state index in [1.165, 1.54) is 12.1 Å². The van der Waals surface area contributed by atoms with Gasteiger partial charge < -0.3 is 29.1 Å². The molecule has 0 unspecified atom stereocenters. The summed E-state index contributed by atoms with van der Waals surface area (Å²) in [6, 6.07) is 17.5. The maximum atomic E-state index is 12.6. The summed E-state index contributed by atoms with van der Waals surface area (Å²) >= 11 is 6.51. The summed E-state index contributed by atoms with van der Waals surface area (Å²) < 4.78 is 22.2. The summed E-state index contributed by atoms with van der Waals surface area (Å²) in [5.41, 5.74) is 1.62. The zero-order valence-electron chi connectivity index (χ0n) is 19.2. The molecule has 35 heavy (non-hydrogen) atoms. The van der Waals surface area contributed by atoms with Crippen molar-refractivity contribution >= 4 is 29.6 Å². The van der Waals surface area contributed by atoms with E-state index in [-0.39, 0.29) is 36.1 Å². The average Bonchev–Trinajstić information content (AvgIpc) is 2.90. The minimum atomic E-state index is -0.952. The predicted molar refractivity (Wildman–Crippen MR) is 130 cm³/mol. The molecule has 1 N–H and O–H groups in total. The molecule has 1 amide bonds. The van der Waals surface area contributed by atoms with Crippen molar-refractivity contribution in [2.24, 2.45) is 0 Å². The Kier molecular flexibility index (Phi) is 9.09. The Morgan fingerprint density at radius 1 is 0.829 bits per heavy atom. The SMILES string of the molecule is COc1ccc(COc2ccc(C(=O)C(=O)NCC=O)c(Cl)c2OCc2ccc(OC)cc2)cc1. The van der Waals surface area contributed by atoms with E-state index in [0.717, 1.165) is 16.9 Å². The molecule has 0 atom stereocenters. The Hall–Kier alpha value is -4.04. The normalized spacial score (nSPS) is 10.3. The maximum Gasteiger partial charge on any atom is 0.292 e. The summed E-state index contributed by atoms with van der Waals surface area (Å²) in [6.45, 7) is 0.0377. The number of amides is 1. The number of rotatable bonds is 12. The molecule has 0 bridgehead atoms. The van der Waals surface area contributed by atoms with Crippen LogP contribution in [-0.4, -0.2) is 38.7 Å². The molecule has 182 valence electrons. The standard InChI is InChI=1S/C26H24ClNO7/c1-32-19-7-3-17(4-8-19)15-34-22-12-11-21(24(30)26(31)28-13-14-29)23(27)25(22)35-16-18-5-9-20(33-2)10-6-18/h3-12,14H,13,15-16H2,1-2H3,(H,28,31). The Bertz CT molecular complexity index is 1180. The highest BCUT2D eigenvalue weighted by Gasteiger charge is 2.24. The first-order valence-electron chi connectivity index (χ1n) is 10.6. The molecule has 0 spiro atoms. The van der Waals surface area contributed by atoms with Crippen molar-refractivity contribution in [1.82, 2.24) is 5.32 Å². The summed E-state index contributed by atoms with van der Waals surface area (Å²) in [4.78, 5) is 35.2. The van der Waals surface area contributed by atoms with Gasteiger partial charge in [0.2, 0.25) is 0 Å². The van der Waals surface area contributed by atoms with Crippen molar-refractivity contribution < 1.29 is 33.3 Å². The molecule has 0 aliphatic carbocycles. The van der Waals surface area contributed by atoms with Gasteiger partial charge in [-0.15, -0.1) is 0 Å². The second-order valence-electron chi connectivity index (χ2n) is 7.23. The van der Waals surface area contributed by atoms with Gasteiger partial charge in [-0.1, -0.05) is 35.9 Å². The third-order valence-electron chi connectivity index (χ3n) is 4.95. The largest absolute Gasteiger partial charge is 0.497 e. The zero-order valence-corrected chi connectivity index (χ0v) is 20.0. The molecule has 0 fully saturated rings. The van der Waals surface area contributed by atoms with Crippen molar-refractivity contribution in [3.05, 3.63) is 82.4 Å². The fraction of sp³-hybridized carbons (Fsp3) is 0.192. The number of benzene rings is 3. The van der Waals surface area contributed by atoms with Crippen LogP contribution < -0.4 is 24.3 Å². The second-order valence-corrected chi connectivity index (χ2v) is 7.61. The predicted octanol–water partition coefficient (Wildman–Crippen LogP) is 4.01. The first kappa shape index (κ1) is 25.6. The van der Waals surface area contributed by atoms with Gasteiger partial charge in [-0.25, -0.2) is 0 Å². The number of Topliss-reactive ketones (excluding diaryl/α,β-unsaturated/α-hetero) is 1. The molecule has 0 saturated carbocycles. The van der Waals surface area contributed by atoms with Crippen LogP contribution in [0, 0.1) is 0 Å². The van der Waals surface area contributed by atoms with Crippen LogP contribution in [0.2, 0.25) is 5.02 Å². The molecule has 8 nitrogen and oxygen atoms in total. The number of methoxy groups -OCH3 is 2. The highest BCUT2D eigenvalue weighted by Crippen LogP contribution is 2.39. The highest BCUT2D eigenvalue weighted by molar-refractivity contribution is 6.47. The minimum Gasteiger partial charge on any atom is -0.497 e. The fourth-order valence-corrected chi connectivity index (χ4v) is 3.36. The minimum absolute atomic E-state index is 0.0722. The van der Waals surface area contributed by atoms with Crippen LogP contribution >= 0.6 is 11.6 Å². The van der Waals surface area contributed by atoms with Gasteiger partial charge in [0.15, 0.2) is 11.5 Å². The maximum absolute atomic E-state index is 12.6. The quantitative estimate of drug-likeness (QED) is 0.229. The lowest BCUT2D eigenvalue weighted by Gasteiger charge is -2.16. The lowest BCUT2D eigenvalue weighted by molar-refractivity contribution is -0.118. The van der Waals surface area contributed by atoms with Crippen molar-refractivity contribution in [3.63, 3.8) is 0 Å². The highest BCUT2D eigenvalue weighted by atomic mass is 35.5. The molecule has 3 rings (SSSR count). The number of halogens is 1. The van der Waals surface area contributed by atoms with E-state index in [4.69, 9.17) is 30.5 Å². The molecule has 0 aliphatic rings. The van der Waals surface area contributed by atoms with Gasteiger partial charge in [-0.2, -0.15) is 0 Å². The topological polar surface area (TPSA) is 100 Å². The monoisotopic (exact) mass is 497 g/mol. The zero-order chi connectivity index (χ0) is 25.2. The van der Waals surface area contributed by atoms with Crippen molar-refractivity contribution in [2.75, 3.05) is 20.8 Å². The molecular formula is C26H24ClNO7. The van der Waals surface area contributed by atoms with Gasteiger partial charge in [0, 0.05) is 0 Å². The van der Waals surface area contributed by atoms with Gasteiger partial charge in [-0.3, -0.25) is 9.59 Å². The summed E-state index contributed by atoms with van der Waals surface area (Å²) in [5, 5.41) is 2.13. The molecule has 3 aromatic rings. The first-order chi connectivity index (χ1) is 17.0. The number of ether oxygens (including phenoxy) is 4. The van der Waals surface area contributed by atoms with Crippen molar-refractivity contribution in [3.8, 4) is 23.0 Å². The van der Waals surface area contributed by atoms with Gasteiger partial charge in [0.25, 0.3) is 11.7 Å². The number of aldehydes is 1. The van der Waals surface area contributed by atoms with Crippen LogP contribution in [0.5, 0.6) is 23.0 Å². The molecule has 0 aromatic heterocycles. The molecule has 0 heterocycles. The Labute approximate surface area is 207 Å². The van der Waals surface area contributed by atoms with Crippen LogP contribution in [0.4, 0.5) is 0 Å². The van der Waals surface area contributed by atoms with Gasteiger partial charge in [-0.05, 0) is 47.5 Å². The van der Waals surface area contributed by atoms with Crippen LogP contribution in [0.1, 0.15) is 21.5 Å². The van der Waals surface area contributed by atoms with E-state index in [0.29, 0.717) is 17.8 Å². The summed E-state index contributed by atoms with van der Waals surface area (Å²) in [6.07, 6.45) is 0.478. The van der Waals surface area contributed by atoms with E-state index in [1.54, 1.807) is 26.4 Å². The smallest absolute Gasteiger partial charge is 0.292 e. The third kappa shape index (κ3) is 6.74. The molecular weight excluding hydrogens is 474 g/mol. The van der Waals surface area contributed by atoms with Crippen molar-refractivity contribution in [2.45, 2.75) is 13.2 Å². The van der Waals surface area contributed by atoms with Gasteiger partial charge in [0.1, 0.15) is 31.0 Å². The summed E-state index contributed by atoms with van der Waals surface area (Å²) in [7, 11) is 3.16. The number of nitrogens with one attached hydrogen (secondary N) is 1. The number of carbonyl (C=O) groups is 3. The first-order valence-corrected chi connectivity index (χ1v) is 10.9. The molecule has 9 heteroatoms. The lowest BCUT2D eigenvalue weighted by atomic mass is 10.1. The van der Waals surface area contributed by atoms with E-state index in [1.807, 2.05) is 36.4 Å². The van der Waals surface area contributed by atoms with Crippen LogP contribution in [0.25, 0.3) is 0 Å². The van der Waals surface area contributed by atoms with Crippen molar-refractivity contribution in [1.29, 1.82) is 0 Å². The summed E-state index contributed by atoms with van der Waals surface area (Å²) in [5.74, 6) is -0.0191. The van der Waals surface area contributed by atoms with E-state index in [9.17, 15) is 14.4 Å². The molecule has 0 aliphatic heterocycles. The second kappa shape index (κ2) is 12.4. The fourth-order valence-electron chi connectivity index (χ4n) is 3.06. The molecule has 0 saturated heterocycles. The Balaban J connectivity index is 1.86. The Morgan fingerprint density at radius 2 is 1.37 bits per heavy atom. The number of hydrogen-bond acceptors (Lipinski definition) is 7. The van der Waals surface area contributed by atoms with Gasteiger partial charge in [0.05, 0.1) is 31.4 Å². The lowest BCUT2D eigenvalue weighted by Crippen LogP contribution is -2.32. The van der Waals surface area contributed by atoms with Crippen LogP contribution in [0.3, 0.4) is 0 Å². The van der Waals surface area contributed by atoms with Crippen LogP contribution in [-0.2, 0) is 22.8 Å². The number of ketones is 1. The molecule has 0 radical (unpaired) electrons. The van der Waals surface area contributed by atoms with E-state index >= 15 is 0 Å². The Morgan fingerprint density at radius 3 is 1.89 bits per heavy atom. The number of hydrogen-bond donors (Lipinski definition) is 1. The van der Waals surface area contributed by atoms with E-state index < -0.39 is 11.7 Å². The van der Waals surface area contributed by atoms with Crippen LogP contribution in [0.15, 0.2) is 60.7 Å². The third-order valence-corrected chi connectivity index (χ3v) is 5.33. The number of carbonyl (C=O) groups excluding carboxylic acids is 3.